The second-order valence-corrected chi connectivity index (χ2v) is 8.22. The van der Waals surface area contributed by atoms with Crippen molar-refractivity contribution >= 4 is 20.7 Å². The minimum atomic E-state index is -2.52. The predicted octanol–water partition coefficient (Wildman–Crippen LogP) is 5.82. The highest BCUT2D eigenvalue weighted by Crippen LogP contribution is 2.37. The molecule has 116 valence electrons. The van der Waals surface area contributed by atoms with E-state index < -0.39 is 9.93 Å². The third-order valence-electron chi connectivity index (χ3n) is 4.20. The lowest BCUT2D eigenvalue weighted by atomic mass is 10.1. The smallest absolute Gasteiger partial charge is 0.0875 e. The minimum absolute atomic E-state index is 0.839. The lowest BCUT2D eigenvalue weighted by molar-refractivity contribution is 0.584. The van der Waals surface area contributed by atoms with E-state index in [0.717, 1.165) is 25.5 Å². The van der Waals surface area contributed by atoms with Crippen LogP contribution in [0.4, 0.5) is 0 Å². The topological polar surface area (TPSA) is 17.1 Å². The van der Waals surface area contributed by atoms with Gasteiger partial charge in [0.2, 0.25) is 0 Å². The SMILES string of the molecule is O=[S+](c1ccccc1)(c1ccccc1)c1ccc2ccccc2c1. The van der Waals surface area contributed by atoms with Crippen LogP contribution >= 0.6 is 0 Å². The molecule has 2 heteroatoms. The van der Waals surface area contributed by atoms with E-state index in [9.17, 15) is 4.21 Å². The predicted molar refractivity (Wildman–Crippen MR) is 99.7 cm³/mol. The van der Waals surface area contributed by atoms with Crippen LogP contribution in [-0.2, 0) is 14.1 Å². The van der Waals surface area contributed by atoms with Gasteiger partial charge in [-0.05, 0) is 47.2 Å². The Kier molecular flexibility index (Phi) is 3.75. The van der Waals surface area contributed by atoms with Crippen LogP contribution in [0.25, 0.3) is 10.8 Å². The van der Waals surface area contributed by atoms with Gasteiger partial charge in [-0.25, -0.2) is 0 Å². The fourth-order valence-electron chi connectivity index (χ4n) is 2.98. The average Bonchev–Trinajstić information content (AvgIpc) is 2.68. The first-order valence-corrected chi connectivity index (χ1v) is 9.47. The second kappa shape index (κ2) is 6.06. The van der Waals surface area contributed by atoms with Crippen LogP contribution in [0.3, 0.4) is 0 Å². The number of fused-ring (bicyclic) bond motifs is 1. The van der Waals surface area contributed by atoms with E-state index in [-0.39, 0.29) is 0 Å². The van der Waals surface area contributed by atoms with Gasteiger partial charge >= 0.3 is 0 Å². The lowest BCUT2D eigenvalue weighted by Gasteiger charge is -2.12. The van der Waals surface area contributed by atoms with Crippen molar-refractivity contribution < 1.29 is 4.21 Å². The van der Waals surface area contributed by atoms with Gasteiger partial charge in [0.05, 0.1) is 0 Å². The molecule has 4 aromatic rings. The van der Waals surface area contributed by atoms with E-state index >= 15 is 0 Å². The van der Waals surface area contributed by atoms with Gasteiger partial charge in [-0.2, -0.15) is 0 Å². The van der Waals surface area contributed by atoms with E-state index in [4.69, 9.17) is 0 Å². The van der Waals surface area contributed by atoms with Crippen molar-refractivity contribution in [3.05, 3.63) is 103 Å². The fourth-order valence-corrected chi connectivity index (χ4v) is 5.43. The molecule has 4 rings (SSSR count). The largest absolute Gasteiger partial charge is 0.182 e. The molecule has 0 aliphatic rings. The summed E-state index contributed by atoms with van der Waals surface area (Å²) >= 11 is 0. The van der Waals surface area contributed by atoms with Crippen LogP contribution < -0.4 is 0 Å². The van der Waals surface area contributed by atoms with E-state index in [2.05, 4.69) is 24.3 Å². The number of hydrogen-bond donors (Lipinski definition) is 0. The Labute approximate surface area is 143 Å². The maximum atomic E-state index is 14.2. The van der Waals surface area contributed by atoms with E-state index in [1.54, 1.807) is 0 Å². The number of hydrogen-bond acceptors (Lipinski definition) is 1. The summed E-state index contributed by atoms with van der Waals surface area (Å²) < 4.78 is 14.2. The molecule has 0 spiro atoms. The van der Waals surface area contributed by atoms with Crippen LogP contribution in [0.5, 0.6) is 0 Å². The van der Waals surface area contributed by atoms with Crippen LogP contribution in [0.1, 0.15) is 0 Å². The summed E-state index contributed by atoms with van der Waals surface area (Å²) in [6, 6.07) is 33.7. The molecule has 0 unspecified atom stereocenters. The molecular formula is C22H17OS+. The molecule has 0 saturated heterocycles. The summed E-state index contributed by atoms with van der Waals surface area (Å²) in [6.45, 7) is 0. The molecule has 1 nitrogen and oxygen atoms in total. The molecule has 0 amide bonds. The van der Waals surface area contributed by atoms with Gasteiger partial charge in [0.15, 0.2) is 24.6 Å². The highest BCUT2D eigenvalue weighted by Gasteiger charge is 2.37. The van der Waals surface area contributed by atoms with Crippen molar-refractivity contribution in [3.8, 4) is 0 Å². The van der Waals surface area contributed by atoms with Crippen LogP contribution in [0, 0.1) is 0 Å². The minimum Gasteiger partial charge on any atom is -0.0875 e. The molecule has 0 fully saturated rings. The number of benzene rings is 4. The molecule has 0 radical (unpaired) electrons. The zero-order chi connectivity index (χ0) is 16.4. The lowest BCUT2D eigenvalue weighted by Crippen LogP contribution is -2.12. The Morgan fingerprint density at radius 3 is 1.54 bits per heavy atom. The third-order valence-corrected chi connectivity index (χ3v) is 6.99. The standard InChI is InChI=1S/C22H17OS/c23-24(20-11-3-1-4-12-20,21-13-5-2-6-14-21)22-16-15-18-9-7-8-10-19(18)17-22/h1-17H/q+1. The zero-order valence-electron chi connectivity index (χ0n) is 13.1. The molecule has 0 aromatic heterocycles. The van der Waals surface area contributed by atoms with Crippen LogP contribution in [0.15, 0.2) is 118 Å². The van der Waals surface area contributed by atoms with Gasteiger partial charge in [-0.1, -0.05) is 64.9 Å². The van der Waals surface area contributed by atoms with Crippen molar-refractivity contribution in [1.29, 1.82) is 0 Å². The zero-order valence-corrected chi connectivity index (χ0v) is 13.9. The van der Waals surface area contributed by atoms with Crippen molar-refractivity contribution in [2.24, 2.45) is 0 Å². The summed E-state index contributed by atoms with van der Waals surface area (Å²) in [5.74, 6) is 0. The van der Waals surface area contributed by atoms with Crippen molar-refractivity contribution in [2.75, 3.05) is 0 Å². The van der Waals surface area contributed by atoms with Crippen LogP contribution in [0.2, 0.25) is 0 Å². The normalized spacial score (nSPS) is 11.5. The average molecular weight is 329 g/mol. The third kappa shape index (κ3) is 2.45. The molecule has 0 aliphatic carbocycles. The highest BCUT2D eigenvalue weighted by atomic mass is 32.2. The maximum Gasteiger partial charge on any atom is 0.182 e. The first-order chi connectivity index (χ1) is 11.8. The number of rotatable bonds is 3. The molecule has 4 aromatic carbocycles. The Balaban J connectivity index is 2.00. The van der Waals surface area contributed by atoms with Gasteiger partial charge in [-0.15, -0.1) is 0 Å². The van der Waals surface area contributed by atoms with E-state index in [1.807, 2.05) is 78.9 Å². The summed E-state index contributed by atoms with van der Waals surface area (Å²) in [5.41, 5.74) is 0. The molecule has 0 heterocycles. The Bertz CT molecular complexity index is 980. The molecule has 0 aliphatic heterocycles. The van der Waals surface area contributed by atoms with Crippen molar-refractivity contribution in [2.45, 2.75) is 14.7 Å². The quantitative estimate of drug-likeness (QED) is 0.433. The van der Waals surface area contributed by atoms with E-state index in [1.165, 1.54) is 0 Å². The van der Waals surface area contributed by atoms with Crippen LogP contribution in [-0.4, -0.2) is 0 Å². The second-order valence-electron chi connectivity index (χ2n) is 5.69. The summed E-state index contributed by atoms with van der Waals surface area (Å²) in [5, 5.41) is 2.26. The maximum absolute atomic E-state index is 14.2. The highest BCUT2D eigenvalue weighted by molar-refractivity contribution is 8.03. The summed E-state index contributed by atoms with van der Waals surface area (Å²) in [4.78, 5) is 2.52. The monoisotopic (exact) mass is 329 g/mol. The Hall–Kier alpha value is -2.71. The molecular weight excluding hydrogens is 312 g/mol. The first kappa shape index (κ1) is 14.9. The molecule has 0 saturated carbocycles. The fraction of sp³-hybridized carbons (Fsp3) is 0. The Morgan fingerprint density at radius 2 is 0.958 bits per heavy atom. The summed E-state index contributed by atoms with van der Waals surface area (Å²) in [6.07, 6.45) is 0. The van der Waals surface area contributed by atoms with E-state index in [0.29, 0.717) is 0 Å². The van der Waals surface area contributed by atoms with Gasteiger partial charge < -0.3 is 0 Å². The Morgan fingerprint density at radius 1 is 0.458 bits per heavy atom. The summed E-state index contributed by atoms with van der Waals surface area (Å²) in [7, 11) is -2.52. The first-order valence-electron chi connectivity index (χ1n) is 7.92. The molecule has 0 bridgehead atoms. The molecule has 24 heavy (non-hydrogen) atoms. The van der Waals surface area contributed by atoms with Crippen molar-refractivity contribution in [1.82, 2.24) is 0 Å². The molecule has 0 N–H and O–H groups in total. The van der Waals surface area contributed by atoms with Crippen molar-refractivity contribution in [3.63, 3.8) is 0 Å². The molecule has 0 atom stereocenters. The van der Waals surface area contributed by atoms with Gasteiger partial charge in [0.25, 0.3) is 0 Å². The van der Waals surface area contributed by atoms with Gasteiger partial charge in [0.1, 0.15) is 0 Å². The van der Waals surface area contributed by atoms with Gasteiger partial charge in [0, 0.05) is 6.07 Å². The van der Waals surface area contributed by atoms with Gasteiger partial charge in [-0.3, -0.25) is 0 Å².